The Hall–Kier alpha value is -8.61. The van der Waals surface area contributed by atoms with Gasteiger partial charge in [0.15, 0.2) is 17.5 Å². The van der Waals surface area contributed by atoms with E-state index in [2.05, 4.69) is 41.0 Å². The summed E-state index contributed by atoms with van der Waals surface area (Å²) in [6, 6.07) is 56.1. The van der Waals surface area contributed by atoms with Crippen molar-refractivity contribution in [3.05, 3.63) is 212 Å². The molecule has 0 bridgehead atoms. The maximum atomic E-state index is 9.34. The molecule has 6 nitrogen and oxygen atoms in total. The number of para-hydroxylation sites is 6. The van der Waals surface area contributed by atoms with E-state index in [4.69, 9.17) is 24.9 Å². The predicted octanol–water partition coefficient (Wildman–Crippen LogP) is 14.6. The number of hydrogen-bond donors (Lipinski definition) is 0. The molecule has 63 heavy (non-hydrogen) atoms. The number of aromatic nitrogens is 5. The topological polar surface area (TPSA) is 61.7 Å². The molecule has 294 valence electrons. The summed E-state index contributed by atoms with van der Waals surface area (Å²) in [5, 5.41) is 4.34. The molecule has 0 N–H and O–H groups in total. The molecule has 0 aliphatic carbocycles. The van der Waals surface area contributed by atoms with Crippen molar-refractivity contribution in [1.82, 2.24) is 24.1 Å². The van der Waals surface area contributed by atoms with Crippen LogP contribution in [0, 0.1) is 0 Å². The van der Waals surface area contributed by atoms with Crippen LogP contribution in [0.5, 0.6) is 0 Å². The first-order chi connectivity index (χ1) is 33.7. The SMILES string of the molecule is [2H]c1cc([2H])c2c(c1[2H])c1c([2H])c([2H])cc([2H])c1n2-c1ccc(-c2cccc3c2oc2ccccc23)cc1-c1nc(-c2ccccc2)nc(-c2ccc3c(c2)c2ccccc2n3-c2ccccc2)n1. The van der Waals surface area contributed by atoms with Gasteiger partial charge in [-0.15, -0.1) is 0 Å². The van der Waals surface area contributed by atoms with E-state index < -0.39 is 0 Å². The van der Waals surface area contributed by atoms with Crippen LogP contribution in [-0.4, -0.2) is 24.1 Å². The van der Waals surface area contributed by atoms with Gasteiger partial charge in [0, 0.05) is 60.3 Å². The van der Waals surface area contributed by atoms with E-state index in [1.807, 2.05) is 127 Å². The Morgan fingerprint density at radius 2 is 1.02 bits per heavy atom. The molecule has 0 unspecified atom stereocenters. The average molecular weight is 812 g/mol. The van der Waals surface area contributed by atoms with Crippen molar-refractivity contribution in [2.24, 2.45) is 0 Å². The standard InChI is InChI=1S/C57H35N5O/c1-3-16-36(17-4-1)55-58-56(38-31-33-51-46(35-38)43-22-9-11-26-48(43)61(51)39-18-5-2-6-19-39)60-57(59-55)47-34-37(40-24-15-25-45-44-23-10-14-29-53(44)63-54(40)45)30-32-52(47)62-49-27-12-7-20-41(49)42-21-8-13-28-50(42)62/h1-35H/i7D,8D,20D,21D,27D,28D. The molecule has 0 amide bonds. The highest BCUT2D eigenvalue weighted by Crippen LogP contribution is 2.42. The summed E-state index contributed by atoms with van der Waals surface area (Å²) in [7, 11) is 0. The van der Waals surface area contributed by atoms with E-state index in [0.29, 0.717) is 34.3 Å². The molecule has 0 fully saturated rings. The molecule has 0 saturated carbocycles. The summed E-state index contributed by atoms with van der Waals surface area (Å²) >= 11 is 0. The second kappa shape index (κ2) is 14.0. The molecule has 4 heterocycles. The zero-order valence-electron chi connectivity index (χ0n) is 39.4. The fraction of sp³-hybridized carbons (Fsp3) is 0. The Labute approximate surface area is 370 Å². The minimum Gasteiger partial charge on any atom is -0.455 e. The van der Waals surface area contributed by atoms with Crippen molar-refractivity contribution in [2.45, 2.75) is 0 Å². The van der Waals surface area contributed by atoms with Gasteiger partial charge in [-0.25, -0.2) is 15.0 Å². The van der Waals surface area contributed by atoms with Crippen LogP contribution in [0.25, 0.3) is 122 Å². The molecular weight excluding hydrogens is 771 g/mol. The third kappa shape index (κ3) is 5.55. The highest BCUT2D eigenvalue weighted by Gasteiger charge is 2.22. The summed E-state index contributed by atoms with van der Waals surface area (Å²) in [5.41, 5.74) is 9.11. The average Bonchev–Trinajstić information content (AvgIpc) is 4.06. The molecule has 6 heteroatoms. The summed E-state index contributed by atoms with van der Waals surface area (Å²) in [5.74, 6) is 1.12. The van der Waals surface area contributed by atoms with Crippen LogP contribution in [0.15, 0.2) is 217 Å². The number of rotatable bonds is 6. The normalized spacial score (nSPS) is 13.1. The zero-order chi connectivity index (χ0) is 46.7. The van der Waals surface area contributed by atoms with E-state index in [0.717, 1.165) is 66.1 Å². The number of fused-ring (bicyclic) bond motifs is 9. The monoisotopic (exact) mass is 811 g/mol. The lowest BCUT2D eigenvalue weighted by atomic mass is 9.98. The Kier molecular flexibility index (Phi) is 6.56. The third-order valence-electron chi connectivity index (χ3n) is 11.9. The van der Waals surface area contributed by atoms with Crippen LogP contribution in [-0.2, 0) is 0 Å². The fourth-order valence-corrected chi connectivity index (χ4v) is 9.12. The molecular formula is C57H35N5O. The minimum absolute atomic E-state index is 0.0705. The molecule has 0 saturated heterocycles. The lowest BCUT2D eigenvalue weighted by molar-refractivity contribution is 0.670. The first-order valence-electron chi connectivity index (χ1n) is 23.7. The van der Waals surface area contributed by atoms with E-state index in [9.17, 15) is 2.74 Å². The first-order valence-corrected chi connectivity index (χ1v) is 20.7. The Morgan fingerprint density at radius 3 is 1.81 bits per heavy atom. The molecule has 9 aromatic carbocycles. The summed E-state index contributed by atoms with van der Waals surface area (Å²) in [4.78, 5) is 15.7. The molecule has 13 aromatic rings. The van der Waals surface area contributed by atoms with Crippen molar-refractivity contribution in [2.75, 3.05) is 0 Å². The molecule has 4 aromatic heterocycles. The molecule has 0 aliphatic rings. The highest BCUT2D eigenvalue weighted by molar-refractivity contribution is 6.12. The summed E-state index contributed by atoms with van der Waals surface area (Å²) in [6.07, 6.45) is 0. The molecule has 0 atom stereocenters. The van der Waals surface area contributed by atoms with Crippen molar-refractivity contribution < 1.29 is 12.6 Å². The van der Waals surface area contributed by atoms with Crippen molar-refractivity contribution in [1.29, 1.82) is 0 Å². The maximum Gasteiger partial charge on any atom is 0.166 e. The van der Waals surface area contributed by atoms with Crippen LogP contribution in [0.4, 0.5) is 0 Å². The number of benzene rings is 9. The lowest BCUT2D eigenvalue weighted by Gasteiger charge is -2.16. The van der Waals surface area contributed by atoms with Gasteiger partial charge in [0.2, 0.25) is 0 Å². The predicted molar refractivity (Wildman–Crippen MR) is 258 cm³/mol. The minimum atomic E-state index is -0.198. The lowest BCUT2D eigenvalue weighted by Crippen LogP contribution is -2.04. The van der Waals surface area contributed by atoms with Gasteiger partial charge in [-0.1, -0.05) is 145 Å². The van der Waals surface area contributed by atoms with Crippen LogP contribution < -0.4 is 0 Å². The second-order valence-electron chi connectivity index (χ2n) is 15.5. The largest absolute Gasteiger partial charge is 0.455 e. The van der Waals surface area contributed by atoms with Gasteiger partial charge in [0.05, 0.1) is 36.0 Å². The first kappa shape index (κ1) is 29.6. The third-order valence-corrected chi connectivity index (χ3v) is 11.9. The van der Waals surface area contributed by atoms with E-state index >= 15 is 0 Å². The van der Waals surface area contributed by atoms with Crippen LogP contribution in [0.1, 0.15) is 8.22 Å². The zero-order valence-corrected chi connectivity index (χ0v) is 33.4. The second-order valence-corrected chi connectivity index (χ2v) is 15.5. The maximum absolute atomic E-state index is 9.34. The fourth-order valence-electron chi connectivity index (χ4n) is 9.12. The van der Waals surface area contributed by atoms with E-state index in [-0.39, 0.29) is 58.1 Å². The van der Waals surface area contributed by atoms with E-state index in [1.54, 1.807) is 4.57 Å². The summed E-state index contributed by atoms with van der Waals surface area (Å²) in [6.45, 7) is 0. The van der Waals surface area contributed by atoms with Gasteiger partial charge in [0.1, 0.15) is 11.2 Å². The smallest absolute Gasteiger partial charge is 0.166 e. The van der Waals surface area contributed by atoms with Crippen LogP contribution in [0.3, 0.4) is 0 Å². The molecule has 13 rings (SSSR count). The van der Waals surface area contributed by atoms with Crippen LogP contribution in [0.2, 0.25) is 0 Å². The molecule has 0 radical (unpaired) electrons. The molecule has 0 aliphatic heterocycles. The Bertz CT molecular complexity index is 4210. The van der Waals surface area contributed by atoms with Crippen LogP contribution >= 0.6 is 0 Å². The van der Waals surface area contributed by atoms with Crippen molar-refractivity contribution in [3.63, 3.8) is 0 Å². The Balaban J connectivity index is 1.13. The highest BCUT2D eigenvalue weighted by atomic mass is 16.3. The van der Waals surface area contributed by atoms with Gasteiger partial charge in [0.25, 0.3) is 0 Å². The van der Waals surface area contributed by atoms with Gasteiger partial charge >= 0.3 is 0 Å². The van der Waals surface area contributed by atoms with Gasteiger partial charge in [-0.3, -0.25) is 0 Å². The molecule has 0 spiro atoms. The number of furan rings is 1. The number of nitrogens with zero attached hydrogens (tertiary/aromatic N) is 5. The quantitative estimate of drug-likeness (QED) is 0.168. The van der Waals surface area contributed by atoms with Crippen molar-refractivity contribution in [3.8, 4) is 56.7 Å². The number of hydrogen-bond acceptors (Lipinski definition) is 4. The summed E-state index contributed by atoms with van der Waals surface area (Å²) < 4.78 is 64.8. The van der Waals surface area contributed by atoms with Gasteiger partial charge < -0.3 is 13.6 Å². The van der Waals surface area contributed by atoms with Gasteiger partial charge in [-0.2, -0.15) is 0 Å². The van der Waals surface area contributed by atoms with Crippen molar-refractivity contribution >= 4 is 65.6 Å². The Morgan fingerprint density at radius 1 is 0.381 bits per heavy atom. The van der Waals surface area contributed by atoms with E-state index in [1.165, 1.54) is 12.1 Å². The van der Waals surface area contributed by atoms with Gasteiger partial charge in [-0.05, 0) is 72.2 Å².